The van der Waals surface area contributed by atoms with Crippen molar-refractivity contribution in [2.75, 3.05) is 13.1 Å². The molecule has 0 aromatic carbocycles. The second-order valence-electron chi connectivity index (χ2n) is 7.62. The minimum atomic E-state index is -0.0593. The van der Waals surface area contributed by atoms with Crippen LogP contribution in [0.1, 0.15) is 58.3 Å². The first-order valence-corrected chi connectivity index (χ1v) is 8.85. The molecule has 0 amide bonds. The predicted molar refractivity (Wildman–Crippen MR) is 82.4 cm³/mol. The summed E-state index contributed by atoms with van der Waals surface area (Å²) in [6, 6.07) is 1.06. The zero-order chi connectivity index (χ0) is 14.1. The Hall–Kier alpha value is -0.120. The van der Waals surface area contributed by atoms with Crippen LogP contribution in [0, 0.1) is 17.8 Å². The Labute approximate surface area is 123 Å². The van der Waals surface area contributed by atoms with E-state index >= 15 is 0 Å². The molecule has 20 heavy (non-hydrogen) atoms. The number of aliphatic hydroxyl groups is 1. The highest BCUT2D eigenvalue weighted by molar-refractivity contribution is 4.92. The Morgan fingerprint density at radius 3 is 2.45 bits per heavy atom. The Kier molecular flexibility index (Phi) is 4.68. The van der Waals surface area contributed by atoms with Crippen LogP contribution in [-0.2, 0) is 0 Å². The average molecular weight is 280 g/mol. The zero-order valence-corrected chi connectivity index (χ0v) is 13.0. The summed E-state index contributed by atoms with van der Waals surface area (Å²) in [6.45, 7) is 4.58. The van der Waals surface area contributed by atoms with E-state index in [-0.39, 0.29) is 6.10 Å². The van der Waals surface area contributed by atoms with E-state index in [0.29, 0.717) is 17.9 Å². The van der Waals surface area contributed by atoms with Gasteiger partial charge in [-0.25, -0.2) is 0 Å². The third-order valence-electron chi connectivity index (χ3n) is 5.92. The van der Waals surface area contributed by atoms with Gasteiger partial charge in [0.1, 0.15) is 0 Å². The van der Waals surface area contributed by atoms with Crippen molar-refractivity contribution >= 4 is 0 Å². The van der Waals surface area contributed by atoms with Crippen molar-refractivity contribution in [2.45, 2.75) is 76.5 Å². The fraction of sp³-hybridized carbons (Fsp3) is 1.00. The van der Waals surface area contributed by atoms with E-state index in [1.807, 2.05) is 0 Å². The van der Waals surface area contributed by atoms with Gasteiger partial charge in [-0.3, -0.25) is 4.90 Å². The maximum atomic E-state index is 10.2. The summed E-state index contributed by atoms with van der Waals surface area (Å²) in [6.07, 6.45) is 10.0. The van der Waals surface area contributed by atoms with Gasteiger partial charge in [0.2, 0.25) is 0 Å². The molecule has 0 radical (unpaired) electrons. The minimum Gasteiger partial charge on any atom is -0.393 e. The van der Waals surface area contributed by atoms with Gasteiger partial charge in [-0.05, 0) is 62.7 Å². The first-order chi connectivity index (χ1) is 9.67. The van der Waals surface area contributed by atoms with Crippen LogP contribution in [-0.4, -0.2) is 41.3 Å². The van der Waals surface area contributed by atoms with Crippen LogP contribution < -0.4 is 5.73 Å². The molecule has 0 bridgehead atoms. The van der Waals surface area contributed by atoms with Crippen LogP contribution in [0.5, 0.6) is 0 Å². The Morgan fingerprint density at radius 2 is 1.90 bits per heavy atom. The van der Waals surface area contributed by atoms with Crippen LogP contribution >= 0.6 is 0 Å². The van der Waals surface area contributed by atoms with Crippen LogP contribution in [0.2, 0.25) is 0 Å². The fourth-order valence-corrected chi connectivity index (χ4v) is 4.46. The molecule has 0 spiro atoms. The predicted octanol–water partition coefficient (Wildman–Crippen LogP) is 2.38. The number of aliphatic hydroxyl groups excluding tert-OH is 1. The second-order valence-corrected chi connectivity index (χ2v) is 7.62. The van der Waals surface area contributed by atoms with Gasteiger partial charge in [0.15, 0.2) is 0 Å². The fourth-order valence-electron chi connectivity index (χ4n) is 4.46. The van der Waals surface area contributed by atoms with Crippen molar-refractivity contribution in [1.29, 1.82) is 0 Å². The highest BCUT2D eigenvalue weighted by atomic mass is 16.3. The zero-order valence-electron chi connectivity index (χ0n) is 13.0. The molecule has 0 aromatic heterocycles. The number of piperidine rings is 1. The lowest BCUT2D eigenvalue weighted by molar-refractivity contribution is 0.0275. The molecule has 4 unspecified atom stereocenters. The molecule has 2 saturated carbocycles. The Balaban J connectivity index is 1.56. The average Bonchev–Trinajstić information content (AvgIpc) is 3.16. The smallest absolute Gasteiger partial charge is 0.0571 e. The standard InChI is InChI=1S/C17H32N2O/c1-2-16(13-4-3-5-13)19-10-12(8-15(18)11-19)9-17(20)14-6-7-14/h12-17,20H,2-11,18H2,1H3. The Bertz CT molecular complexity index is 314. The lowest BCUT2D eigenvalue weighted by Gasteiger charge is -2.46. The number of nitrogens with two attached hydrogens (primary N) is 1. The van der Waals surface area contributed by atoms with Gasteiger partial charge in [-0.1, -0.05) is 13.3 Å². The van der Waals surface area contributed by atoms with E-state index in [4.69, 9.17) is 5.73 Å². The topological polar surface area (TPSA) is 49.5 Å². The number of hydrogen-bond acceptors (Lipinski definition) is 3. The summed E-state index contributed by atoms with van der Waals surface area (Å²) in [4.78, 5) is 2.67. The van der Waals surface area contributed by atoms with Crippen LogP contribution in [0.15, 0.2) is 0 Å². The van der Waals surface area contributed by atoms with E-state index in [1.54, 1.807) is 0 Å². The number of hydrogen-bond donors (Lipinski definition) is 2. The highest BCUT2D eigenvalue weighted by Gasteiger charge is 2.37. The molecule has 4 atom stereocenters. The van der Waals surface area contributed by atoms with E-state index in [0.717, 1.165) is 31.3 Å². The van der Waals surface area contributed by atoms with Crippen molar-refractivity contribution in [3.8, 4) is 0 Å². The number of rotatable bonds is 6. The lowest BCUT2D eigenvalue weighted by Crippen LogP contribution is -2.54. The quantitative estimate of drug-likeness (QED) is 0.785. The van der Waals surface area contributed by atoms with Gasteiger partial charge in [-0.15, -0.1) is 0 Å². The molecule has 3 heteroatoms. The normalized spacial score (nSPS) is 35.5. The molecule has 1 aliphatic heterocycles. The number of likely N-dealkylation sites (tertiary alicyclic amines) is 1. The van der Waals surface area contributed by atoms with E-state index in [9.17, 15) is 5.11 Å². The molecule has 3 aliphatic rings. The van der Waals surface area contributed by atoms with Gasteiger partial charge < -0.3 is 10.8 Å². The third kappa shape index (κ3) is 3.37. The van der Waals surface area contributed by atoms with Crippen LogP contribution in [0.25, 0.3) is 0 Å². The first-order valence-electron chi connectivity index (χ1n) is 8.85. The van der Waals surface area contributed by atoms with Crippen LogP contribution in [0.3, 0.4) is 0 Å². The monoisotopic (exact) mass is 280 g/mol. The molecular formula is C17H32N2O. The van der Waals surface area contributed by atoms with Gasteiger partial charge in [0.05, 0.1) is 6.10 Å². The largest absolute Gasteiger partial charge is 0.393 e. The third-order valence-corrected chi connectivity index (χ3v) is 5.92. The van der Waals surface area contributed by atoms with E-state index < -0.39 is 0 Å². The molecule has 2 aliphatic carbocycles. The molecular weight excluding hydrogens is 248 g/mol. The van der Waals surface area contributed by atoms with Gasteiger partial charge >= 0.3 is 0 Å². The van der Waals surface area contributed by atoms with Crippen molar-refractivity contribution in [3.63, 3.8) is 0 Å². The lowest BCUT2D eigenvalue weighted by atomic mass is 9.76. The SMILES string of the molecule is CCC(C1CCC1)N1CC(N)CC(CC(O)C2CC2)C1. The van der Waals surface area contributed by atoms with Crippen molar-refractivity contribution < 1.29 is 5.11 Å². The summed E-state index contributed by atoms with van der Waals surface area (Å²) in [5.41, 5.74) is 6.31. The highest BCUT2D eigenvalue weighted by Crippen LogP contribution is 2.38. The molecule has 3 rings (SSSR count). The van der Waals surface area contributed by atoms with Crippen molar-refractivity contribution in [1.82, 2.24) is 4.90 Å². The summed E-state index contributed by atoms with van der Waals surface area (Å²) in [7, 11) is 0. The summed E-state index contributed by atoms with van der Waals surface area (Å²) in [5, 5.41) is 10.2. The van der Waals surface area contributed by atoms with Gasteiger partial charge in [-0.2, -0.15) is 0 Å². The molecule has 1 saturated heterocycles. The van der Waals surface area contributed by atoms with Gasteiger partial charge in [0, 0.05) is 25.2 Å². The van der Waals surface area contributed by atoms with Crippen molar-refractivity contribution in [2.24, 2.45) is 23.5 Å². The van der Waals surface area contributed by atoms with Gasteiger partial charge in [0.25, 0.3) is 0 Å². The van der Waals surface area contributed by atoms with E-state index in [2.05, 4.69) is 11.8 Å². The summed E-state index contributed by atoms with van der Waals surface area (Å²) >= 11 is 0. The molecule has 116 valence electrons. The van der Waals surface area contributed by atoms with Crippen LogP contribution in [0.4, 0.5) is 0 Å². The maximum Gasteiger partial charge on any atom is 0.0571 e. The molecule has 3 N–H and O–H groups in total. The maximum absolute atomic E-state index is 10.2. The second kappa shape index (κ2) is 6.33. The summed E-state index contributed by atoms with van der Waals surface area (Å²) in [5.74, 6) is 2.14. The first kappa shape index (κ1) is 14.8. The molecule has 3 fully saturated rings. The van der Waals surface area contributed by atoms with E-state index in [1.165, 1.54) is 45.1 Å². The number of nitrogens with zero attached hydrogens (tertiary/aromatic N) is 1. The Morgan fingerprint density at radius 1 is 1.15 bits per heavy atom. The minimum absolute atomic E-state index is 0.0593. The molecule has 1 heterocycles. The molecule has 3 nitrogen and oxygen atoms in total. The summed E-state index contributed by atoms with van der Waals surface area (Å²) < 4.78 is 0. The molecule has 0 aromatic rings. The van der Waals surface area contributed by atoms with Crippen molar-refractivity contribution in [3.05, 3.63) is 0 Å².